The fourth-order valence-corrected chi connectivity index (χ4v) is 1.99. The molecule has 92 valence electrons. The molecular weight excluding hydrogens is 232 g/mol. The molecule has 0 bridgehead atoms. The SMILES string of the molecule is N#Cc1cccc(NC(=O)C2(C(=O)O)CCC2)c1. The van der Waals surface area contributed by atoms with Crippen molar-refractivity contribution in [1.82, 2.24) is 0 Å². The van der Waals surface area contributed by atoms with Crippen LogP contribution in [0.5, 0.6) is 0 Å². The molecule has 1 amide bonds. The minimum absolute atomic E-state index is 0.367. The molecule has 2 N–H and O–H groups in total. The van der Waals surface area contributed by atoms with Crippen LogP contribution in [0.3, 0.4) is 0 Å². The topological polar surface area (TPSA) is 90.2 Å². The van der Waals surface area contributed by atoms with Crippen molar-refractivity contribution >= 4 is 17.6 Å². The van der Waals surface area contributed by atoms with Crippen molar-refractivity contribution in [1.29, 1.82) is 5.26 Å². The summed E-state index contributed by atoms with van der Waals surface area (Å²) in [5.41, 5.74) is -0.416. The highest BCUT2D eigenvalue weighted by molar-refractivity contribution is 6.09. The summed E-state index contributed by atoms with van der Waals surface area (Å²) in [6.45, 7) is 0. The first-order valence-electron chi connectivity index (χ1n) is 5.63. The van der Waals surface area contributed by atoms with E-state index in [1.54, 1.807) is 18.2 Å². The number of carbonyl (C=O) groups excluding carboxylic acids is 1. The van der Waals surface area contributed by atoms with Gasteiger partial charge in [-0.15, -0.1) is 0 Å². The van der Waals surface area contributed by atoms with Gasteiger partial charge in [0.05, 0.1) is 11.6 Å². The number of hydrogen-bond donors (Lipinski definition) is 2. The molecule has 0 aromatic heterocycles. The Kier molecular flexibility index (Phi) is 3.02. The van der Waals surface area contributed by atoms with Gasteiger partial charge in [-0.25, -0.2) is 0 Å². The summed E-state index contributed by atoms with van der Waals surface area (Å²) in [4.78, 5) is 23.1. The van der Waals surface area contributed by atoms with E-state index >= 15 is 0 Å². The largest absolute Gasteiger partial charge is 0.480 e. The minimum Gasteiger partial charge on any atom is -0.480 e. The second kappa shape index (κ2) is 4.49. The van der Waals surface area contributed by atoms with Gasteiger partial charge in [0.25, 0.3) is 0 Å². The van der Waals surface area contributed by atoms with Crippen LogP contribution in [-0.2, 0) is 9.59 Å². The number of carboxylic acids is 1. The average molecular weight is 244 g/mol. The van der Waals surface area contributed by atoms with Crippen molar-refractivity contribution in [3.8, 4) is 6.07 Å². The molecule has 1 saturated carbocycles. The van der Waals surface area contributed by atoms with Gasteiger partial charge in [0, 0.05) is 5.69 Å². The first-order valence-corrected chi connectivity index (χ1v) is 5.63. The van der Waals surface area contributed by atoms with Crippen LogP contribution < -0.4 is 5.32 Å². The van der Waals surface area contributed by atoms with E-state index < -0.39 is 17.3 Å². The van der Waals surface area contributed by atoms with Gasteiger partial charge in [-0.3, -0.25) is 9.59 Å². The van der Waals surface area contributed by atoms with Crippen molar-refractivity contribution in [2.45, 2.75) is 19.3 Å². The molecule has 5 heteroatoms. The van der Waals surface area contributed by atoms with Crippen LogP contribution in [0.1, 0.15) is 24.8 Å². The summed E-state index contributed by atoms with van der Waals surface area (Å²) in [5, 5.41) is 20.4. The molecule has 5 nitrogen and oxygen atoms in total. The number of amides is 1. The smallest absolute Gasteiger partial charge is 0.319 e. The maximum atomic E-state index is 12.0. The number of nitriles is 1. The van der Waals surface area contributed by atoms with Crippen LogP contribution in [0.25, 0.3) is 0 Å². The standard InChI is InChI=1S/C13H12N2O3/c14-8-9-3-1-4-10(7-9)15-11(16)13(12(17)18)5-2-6-13/h1,3-4,7H,2,5-6H2,(H,15,16)(H,17,18). The number of nitrogens with one attached hydrogen (secondary N) is 1. The molecule has 1 aliphatic rings. The number of rotatable bonds is 3. The first kappa shape index (κ1) is 12.1. The molecule has 0 unspecified atom stereocenters. The van der Waals surface area contributed by atoms with E-state index in [2.05, 4.69) is 5.32 Å². The minimum atomic E-state index is -1.29. The fourth-order valence-electron chi connectivity index (χ4n) is 1.99. The van der Waals surface area contributed by atoms with Crippen LogP contribution in [0.2, 0.25) is 0 Å². The highest BCUT2D eigenvalue weighted by atomic mass is 16.4. The summed E-state index contributed by atoms with van der Waals surface area (Å²) in [5.74, 6) is -1.58. The van der Waals surface area contributed by atoms with Crippen molar-refractivity contribution in [3.63, 3.8) is 0 Å². The molecule has 1 fully saturated rings. The molecule has 0 heterocycles. The number of nitrogens with zero attached hydrogens (tertiary/aromatic N) is 1. The molecule has 0 radical (unpaired) electrons. The highest BCUT2D eigenvalue weighted by Gasteiger charge is 2.51. The Labute approximate surface area is 104 Å². The molecule has 2 rings (SSSR count). The molecule has 0 saturated heterocycles. The summed E-state index contributed by atoms with van der Waals surface area (Å²) in [6, 6.07) is 8.37. The lowest BCUT2D eigenvalue weighted by molar-refractivity contribution is -0.159. The van der Waals surface area contributed by atoms with Crippen molar-refractivity contribution < 1.29 is 14.7 Å². The molecule has 0 spiro atoms. The van der Waals surface area contributed by atoms with E-state index in [0.29, 0.717) is 24.1 Å². The third kappa shape index (κ3) is 1.93. The molecule has 1 aromatic rings. The van der Waals surface area contributed by atoms with Gasteiger partial charge in [0.15, 0.2) is 0 Å². The van der Waals surface area contributed by atoms with E-state index in [4.69, 9.17) is 10.4 Å². The van der Waals surface area contributed by atoms with Gasteiger partial charge < -0.3 is 10.4 Å². The number of aliphatic carboxylic acids is 1. The predicted octanol–water partition coefficient (Wildman–Crippen LogP) is 1.75. The molecule has 18 heavy (non-hydrogen) atoms. The van der Waals surface area contributed by atoms with Crippen LogP contribution >= 0.6 is 0 Å². The number of benzene rings is 1. The maximum Gasteiger partial charge on any atom is 0.319 e. The number of carboxylic acid groups (broad SMARTS) is 1. The van der Waals surface area contributed by atoms with Gasteiger partial charge in [-0.2, -0.15) is 5.26 Å². The zero-order chi connectivity index (χ0) is 13.2. The predicted molar refractivity (Wildman–Crippen MR) is 63.7 cm³/mol. The van der Waals surface area contributed by atoms with Gasteiger partial charge in [0.1, 0.15) is 5.41 Å². The van der Waals surface area contributed by atoms with Crippen molar-refractivity contribution in [3.05, 3.63) is 29.8 Å². The highest BCUT2D eigenvalue weighted by Crippen LogP contribution is 2.42. The Bertz CT molecular complexity index is 541. The van der Waals surface area contributed by atoms with E-state index in [0.717, 1.165) is 6.42 Å². The Morgan fingerprint density at radius 3 is 2.61 bits per heavy atom. The summed E-state index contributed by atoms with van der Waals surface area (Å²) >= 11 is 0. The molecule has 1 aromatic carbocycles. The Morgan fingerprint density at radius 1 is 1.39 bits per heavy atom. The molecule has 1 aliphatic carbocycles. The molecule has 0 aliphatic heterocycles. The molecule has 0 atom stereocenters. The first-order chi connectivity index (χ1) is 8.58. The Hall–Kier alpha value is -2.35. The third-order valence-corrected chi connectivity index (χ3v) is 3.30. The van der Waals surface area contributed by atoms with Crippen molar-refractivity contribution in [2.75, 3.05) is 5.32 Å². The zero-order valence-electron chi connectivity index (χ0n) is 9.64. The number of anilines is 1. The van der Waals surface area contributed by atoms with Crippen LogP contribution in [0.4, 0.5) is 5.69 Å². The number of carbonyl (C=O) groups is 2. The Balaban J connectivity index is 2.16. The summed E-state index contributed by atoms with van der Waals surface area (Å²) in [6.07, 6.45) is 1.48. The second-order valence-electron chi connectivity index (χ2n) is 4.39. The fraction of sp³-hybridized carbons (Fsp3) is 0.308. The van der Waals surface area contributed by atoms with Gasteiger partial charge in [0.2, 0.25) is 5.91 Å². The summed E-state index contributed by atoms with van der Waals surface area (Å²) < 4.78 is 0. The maximum absolute atomic E-state index is 12.0. The quantitative estimate of drug-likeness (QED) is 0.792. The lowest BCUT2D eigenvalue weighted by atomic mass is 9.68. The van der Waals surface area contributed by atoms with E-state index in [1.807, 2.05) is 6.07 Å². The van der Waals surface area contributed by atoms with E-state index in [-0.39, 0.29) is 0 Å². The third-order valence-electron chi connectivity index (χ3n) is 3.30. The lowest BCUT2D eigenvalue weighted by Gasteiger charge is -2.35. The average Bonchev–Trinajstić information content (AvgIpc) is 2.27. The Morgan fingerprint density at radius 2 is 2.11 bits per heavy atom. The second-order valence-corrected chi connectivity index (χ2v) is 4.39. The van der Waals surface area contributed by atoms with Gasteiger partial charge in [-0.1, -0.05) is 12.5 Å². The van der Waals surface area contributed by atoms with E-state index in [1.165, 1.54) is 6.07 Å². The van der Waals surface area contributed by atoms with Crippen LogP contribution in [-0.4, -0.2) is 17.0 Å². The normalized spacial score (nSPS) is 16.2. The molecular formula is C13H12N2O3. The lowest BCUT2D eigenvalue weighted by Crippen LogP contribution is -2.48. The van der Waals surface area contributed by atoms with E-state index in [9.17, 15) is 9.59 Å². The summed E-state index contributed by atoms with van der Waals surface area (Å²) in [7, 11) is 0. The van der Waals surface area contributed by atoms with Crippen LogP contribution in [0.15, 0.2) is 24.3 Å². The van der Waals surface area contributed by atoms with Crippen molar-refractivity contribution in [2.24, 2.45) is 5.41 Å². The zero-order valence-corrected chi connectivity index (χ0v) is 9.64. The van der Waals surface area contributed by atoms with Gasteiger partial charge >= 0.3 is 5.97 Å². The number of hydrogen-bond acceptors (Lipinski definition) is 3. The van der Waals surface area contributed by atoms with Gasteiger partial charge in [-0.05, 0) is 31.0 Å². The van der Waals surface area contributed by atoms with Crippen LogP contribution in [0, 0.1) is 16.7 Å². The monoisotopic (exact) mass is 244 g/mol.